The zero-order valence-corrected chi connectivity index (χ0v) is 19.2. The number of amides is 2. The van der Waals surface area contributed by atoms with E-state index in [0.29, 0.717) is 53.2 Å². The molecule has 2 amide bonds. The number of carbonyl (C=O) groups excluding carboxylic acids is 2. The van der Waals surface area contributed by atoms with Crippen molar-refractivity contribution in [1.29, 1.82) is 0 Å². The number of benzene rings is 2. The van der Waals surface area contributed by atoms with Crippen molar-refractivity contribution in [3.8, 4) is 17.2 Å². The maximum absolute atomic E-state index is 11.8. The molecule has 0 unspecified atom stereocenters. The Labute approximate surface area is 190 Å². The van der Waals surface area contributed by atoms with E-state index < -0.39 is 11.1 Å². The Morgan fingerprint density at radius 1 is 1.00 bits per heavy atom. The van der Waals surface area contributed by atoms with Crippen molar-refractivity contribution in [2.45, 2.75) is 27.2 Å². The monoisotopic (exact) mass is 461 g/mol. The molecule has 2 aromatic rings. The smallest absolute Gasteiger partial charge is 0.290 e. The van der Waals surface area contributed by atoms with Crippen LogP contribution in [0.25, 0.3) is 6.08 Å². The molecule has 3 rings (SSSR count). The largest absolute Gasteiger partial charge is 0.493 e. The number of thioether (sulfide) groups is 1. The van der Waals surface area contributed by atoms with E-state index in [0.717, 1.165) is 28.6 Å². The Morgan fingerprint density at radius 3 is 2.35 bits per heavy atom. The van der Waals surface area contributed by atoms with Crippen molar-refractivity contribution in [2.24, 2.45) is 0 Å². The van der Waals surface area contributed by atoms with E-state index in [2.05, 4.69) is 11.4 Å². The summed E-state index contributed by atoms with van der Waals surface area (Å²) < 4.78 is 17.4. The van der Waals surface area contributed by atoms with Crippen molar-refractivity contribution in [3.05, 3.63) is 56.9 Å². The van der Waals surface area contributed by atoms with Gasteiger partial charge in [-0.3, -0.25) is 14.9 Å². The number of imide groups is 1. The third-order valence-corrected chi connectivity index (χ3v) is 5.36. The predicted octanol–water partition coefficient (Wildman–Crippen LogP) is 5.53. The van der Waals surface area contributed by atoms with Crippen molar-refractivity contribution in [3.63, 3.8) is 0 Å². The van der Waals surface area contributed by atoms with Crippen molar-refractivity contribution in [2.75, 3.05) is 19.8 Å². The number of nitrogens with one attached hydrogen (secondary N) is 1. The summed E-state index contributed by atoms with van der Waals surface area (Å²) in [6.45, 7) is 7.27. The van der Waals surface area contributed by atoms with Crippen LogP contribution in [0.1, 0.15) is 30.0 Å². The minimum absolute atomic E-state index is 0.306. The summed E-state index contributed by atoms with van der Waals surface area (Å²) in [7, 11) is 0. The lowest BCUT2D eigenvalue weighted by atomic mass is 10.1. The van der Waals surface area contributed by atoms with Gasteiger partial charge in [-0.25, -0.2) is 0 Å². The Kier molecular flexibility index (Phi) is 7.87. The second-order valence-corrected chi connectivity index (χ2v) is 8.41. The lowest BCUT2D eigenvalue weighted by molar-refractivity contribution is -0.115. The van der Waals surface area contributed by atoms with E-state index >= 15 is 0 Å². The van der Waals surface area contributed by atoms with E-state index in [9.17, 15) is 9.59 Å². The Hall–Kier alpha value is -2.64. The molecular weight excluding hydrogens is 438 g/mol. The van der Waals surface area contributed by atoms with Gasteiger partial charge in [0.15, 0.2) is 11.5 Å². The zero-order chi connectivity index (χ0) is 22.4. The SMILES string of the molecule is CCOc1cc(/C=C2\SC(=O)NC2=O)cc(Cl)c1OCCCOc1cc(C)cc(C)c1. The van der Waals surface area contributed by atoms with E-state index in [1.807, 2.05) is 32.9 Å². The van der Waals surface area contributed by atoms with E-state index in [1.54, 1.807) is 18.2 Å². The molecule has 0 aliphatic carbocycles. The van der Waals surface area contributed by atoms with E-state index in [-0.39, 0.29) is 0 Å². The molecule has 31 heavy (non-hydrogen) atoms. The fourth-order valence-electron chi connectivity index (χ4n) is 3.09. The van der Waals surface area contributed by atoms with Crippen molar-refractivity contribution >= 4 is 40.6 Å². The highest BCUT2D eigenvalue weighted by Crippen LogP contribution is 2.38. The van der Waals surface area contributed by atoms with Crippen LogP contribution in [0.5, 0.6) is 17.2 Å². The Morgan fingerprint density at radius 2 is 1.71 bits per heavy atom. The van der Waals surface area contributed by atoms with Crippen molar-refractivity contribution in [1.82, 2.24) is 5.32 Å². The standard InChI is InChI=1S/C23H24ClNO5S/c1-4-28-19-12-16(13-20-22(26)25-23(27)31-20)11-18(24)21(19)30-7-5-6-29-17-9-14(2)8-15(3)10-17/h8-13H,4-7H2,1-3H3,(H,25,26,27)/b20-13-. The van der Waals surface area contributed by atoms with E-state index in [4.69, 9.17) is 25.8 Å². The molecule has 1 saturated heterocycles. The van der Waals surface area contributed by atoms with Crippen molar-refractivity contribution < 1.29 is 23.8 Å². The predicted molar refractivity (Wildman–Crippen MR) is 123 cm³/mol. The maximum Gasteiger partial charge on any atom is 0.290 e. The summed E-state index contributed by atoms with van der Waals surface area (Å²) in [5.41, 5.74) is 2.96. The highest BCUT2D eigenvalue weighted by Gasteiger charge is 2.25. The van der Waals surface area contributed by atoms with Gasteiger partial charge in [-0.15, -0.1) is 0 Å². The normalized spacial score (nSPS) is 14.6. The highest BCUT2D eigenvalue weighted by molar-refractivity contribution is 8.18. The van der Waals surface area contributed by atoms with Crippen LogP contribution in [0.2, 0.25) is 5.02 Å². The van der Waals surface area contributed by atoms with Crippen LogP contribution in [0.3, 0.4) is 0 Å². The number of carbonyl (C=O) groups is 2. The highest BCUT2D eigenvalue weighted by atomic mass is 35.5. The first-order valence-corrected chi connectivity index (χ1v) is 11.1. The van der Waals surface area contributed by atoms with Gasteiger partial charge in [-0.1, -0.05) is 17.7 Å². The topological polar surface area (TPSA) is 73.9 Å². The third kappa shape index (κ3) is 6.42. The Balaban J connectivity index is 1.63. The quantitative estimate of drug-likeness (QED) is 0.391. The maximum atomic E-state index is 11.8. The summed E-state index contributed by atoms with van der Waals surface area (Å²) in [6.07, 6.45) is 2.26. The van der Waals surface area contributed by atoms with Crippen LogP contribution in [0.15, 0.2) is 35.2 Å². The van der Waals surface area contributed by atoms with Gasteiger partial charge in [0.25, 0.3) is 11.1 Å². The van der Waals surface area contributed by atoms with Gasteiger partial charge in [0.05, 0.1) is 29.7 Å². The molecule has 1 aliphatic rings. The molecule has 1 fully saturated rings. The molecule has 1 heterocycles. The van der Waals surface area contributed by atoms with Crippen LogP contribution in [0.4, 0.5) is 4.79 Å². The summed E-state index contributed by atoms with van der Waals surface area (Å²) >= 11 is 7.27. The molecule has 0 atom stereocenters. The molecule has 1 aliphatic heterocycles. The lowest BCUT2D eigenvalue weighted by Gasteiger charge is -2.15. The van der Waals surface area contributed by atoms with Crippen LogP contribution >= 0.6 is 23.4 Å². The average Bonchev–Trinajstić information content (AvgIpc) is 2.99. The first-order chi connectivity index (χ1) is 14.9. The number of hydrogen-bond donors (Lipinski definition) is 1. The van der Waals surface area contributed by atoms with Gasteiger partial charge in [0.1, 0.15) is 5.75 Å². The van der Waals surface area contributed by atoms with Gasteiger partial charge >= 0.3 is 0 Å². The molecule has 0 bridgehead atoms. The molecular formula is C23H24ClNO5S. The molecule has 8 heteroatoms. The fourth-order valence-corrected chi connectivity index (χ4v) is 4.04. The average molecular weight is 462 g/mol. The van der Waals surface area contributed by atoms with Gasteiger partial charge in [-0.05, 0) is 79.6 Å². The molecule has 0 spiro atoms. The van der Waals surface area contributed by atoms with Crippen LogP contribution < -0.4 is 19.5 Å². The third-order valence-electron chi connectivity index (χ3n) is 4.27. The molecule has 2 aromatic carbocycles. The van der Waals surface area contributed by atoms with Crippen LogP contribution in [-0.4, -0.2) is 31.0 Å². The summed E-state index contributed by atoms with van der Waals surface area (Å²) in [5.74, 6) is 1.34. The molecule has 0 aromatic heterocycles. The molecule has 164 valence electrons. The molecule has 6 nitrogen and oxygen atoms in total. The van der Waals surface area contributed by atoms with Crippen LogP contribution in [0, 0.1) is 13.8 Å². The number of ether oxygens (including phenoxy) is 3. The molecule has 0 radical (unpaired) electrons. The van der Waals surface area contributed by atoms with E-state index in [1.165, 1.54) is 0 Å². The van der Waals surface area contributed by atoms with Crippen LogP contribution in [-0.2, 0) is 4.79 Å². The van der Waals surface area contributed by atoms with Gasteiger partial charge in [-0.2, -0.15) is 0 Å². The fraction of sp³-hybridized carbons (Fsp3) is 0.304. The lowest BCUT2D eigenvalue weighted by Crippen LogP contribution is -2.17. The minimum Gasteiger partial charge on any atom is -0.493 e. The number of halogens is 1. The summed E-state index contributed by atoms with van der Waals surface area (Å²) in [5, 5.41) is 2.20. The zero-order valence-electron chi connectivity index (χ0n) is 17.6. The Bertz CT molecular complexity index is 1000. The number of rotatable bonds is 9. The first kappa shape index (κ1) is 23.0. The molecule has 1 N–H and O–H groups in total. The van der Waals surface area contributed by atoms with Gasteiger partial charge in [0, 0.05) is 6.42 Å². The first-order valence-electron chi connectivity index (χ1n) is 9.91. The second-order valence-electron chi connectivity index (χ2n) is 6.99. The summed E-state index contributed by atoms with van der Waals surface area (Å²) in [4.78, 5) is 23.4. The second kappa shape index (κ2) is 10.6. The number of hydrogen-bond acceptors (Lipinski definition) is 6. The van der Waals surface area contributed by atoms with Gasteiger partial charge in [0.2, 0.25) is 0 Å². The number of aryl methyl sites for hydroxylation is 2. The summed E-state index contributed by atoms with van der Waals surface area (Å²) in [6, 6.07) is 9.52. The molecule has 0 saturated carbocycles. The minimum atomic E-state index is -0.423. The van der Waals surface area contributed by atoms with Gasteiger partial charge < -0.3 is 14.2 Å².